The van der Waals surface area contributed by atoms with E-state index in [4.69, 9.17) is 27.9 Å². The van der Waals surface area contributed by atoms with Gasteiger partial charge in [0.15, 0.2) is 6.61 Å². The summed E-state index contributed by atoms with van der Waals surface area (Å²) in [7, 11) is 0. The van der Waals surface area contributed by atoms with Gasteiger partial charge in [0, 0.05) is 21.9 Å². The van der Waals surface area contributed by atoms with Gasteiger partial charge in [0.25, 0.3) is 17.5 Å². The number of hydrogen-bond donors (Lipinski definition) is 1. The number of benzene rings is 1. The lowest BCUT2D eigenvalue weighted by atomic mass is 10.1. The van der Waals surface area contributed by atoms with Crippen LogP contribution in [-0.4, -0.2) is 38.1 Å². The zero-order chi connectivity index (χ0) is 19.6. The highest BCUT2D eigenvalue weighted by Crippen LogP contribution is 2.25. The molecular weight excluding hydrogens is 393 g/mol. The van der Waals surface area contributed by atoms with Gasteiger partial charge in [-0.1, -0.05) is 29.3 Å². The van der Waals surface area contributed by atoms with Crippen LogP contribution in [0.5, 0.6) is 0 Å². The molecule has 1 N–H and O–H groups in total. The van der Waals surface area contributed by atoms with Crippen molar-refractivity contribution in [1.29, 1.82) is 0 Å². The minimum Gasteiger partial charge on any atom is -0.450 e. The highest BCUT2D eigenvalue weighted by atomic mass is 35.5. The summed E-state index contributed by atoms with van der Waals surface area (Å²) < 4.78 is 6.39. The maximum Gasteiger partial charge on any atom is 0.378 e. The molecule has 2 aromatic heterocycles. The van der Waals surface area contributed by atoms with E-state index in [-0.39, 0.29) is 17.6 Å². The van der Waals surface area contributed by atoms with E-state index in [0.717, 1.165) is 5.69 Å². The van der Waals surface area contributed by atoms with Gasteiger partial charge in [-0.2, -0.15) is 4.98 Å². The minimum absolute atomic E-state index is 0.168. The first kappa shape index (κ1) is 19.1. The number of halogens is 2. The zero-order valence-electron chi connectivity index (χ0n) is 14.4. The Hall–Kier alpha value is -2.71. The molecule has 3 rings (SSSR count). The average Bonchev–Trinajstić information content (AvgIpc) is 3.05. The number of nitrogens with zero attached hydrogens (tertiary/aromatic N) is 4. The van der Waals surface area contributed by atoms with Gasteiger partial charge < -0.3 is 10.1 Å². The fourth-order valence-electron chi connectivity index (χ4n) is 2.40. The highest BCUT2D eigenvalue weighted by Gasteiger charge is 2.19. The molecular formula is C17H15Cl2N5O3. The number of amides is 1. The first-order valence-corrected chi connectivity index (χ1v) is 8.70. The molecule has 10 heteroatoms. The van der Waals surface area contributed by atoms with Gasteiger partial charge in [0.1, 0.15) is 0 Å². The number of ether oxygens (including phenoxy) is 1. The van der Waals surface area contributed by atoms with Gasteiger partial charge in [0.05, 0.1) is 6.04 Å². The van der Waals surface area contributed by atoms with Crippen molar-refractivity contribution in [2.75, 3.05) is 6.61 Å². The number of nitrogens with one attached hydrogen (secondary N) is 1. The molecule has 0 bridgehead atoms. The smallest absolute Gasteiger partial charge is 0.378 e. The van der Waals surface area contributed by atoms with Crippen molar-refractivity contribution >= 4 is 40.9 Å². The third-order valence-electron chi connectivity index (χ3n) is 3.75. The van der Waals surface area contributed by atoms with Crippen molar-refractivity contribution in [1.82, 2.24) is 24.9 Å². The first-order valence-electron chi connectivity index (χ1n) is 7.95. The molecule has 8 nitrogen and oxygen atoms in total. The second kappa shape index (κ2) is 7.89. The van der Waals surface area contributed by atoms with E-state index in [2.05, 4.69) is 20.4 Å². The highest BCUT2D eigenvalue weighted by molar-refractivity contribution is 6.35. The van der Waals surface area contributed by atoms with E-state index in [0.29, 0.717) is 15.6 Å². The Balaban J connectivity index is 1.59. The van der Waals surface area contributed by atoms with E-state index < -0.39 is 18.5 Å². The standard InChI is InChI=1S/C17H15Cl2N5O3/c1-9-5-6-20-17-22-15(23-24(9)17)16(26)27-8-14(25)21-10(2)12-4-3-11(18)7-13(12)19/h3-7,10H,8H2,1-2H3,(H,21,25)/t10-/m0/s1. The van der Waals surface area contributed by atoms with E-state index in [1.54, 1.807) is 44.3 Å². The maximum absolute atomic E-state index is 12.1. The summed E-state index contributed by atoms with van der Waals surface area (Å²) >= 11 is 12.0. The lowest BCUT2D eigenvalue weighted by Gasteiger charge is -2.15. The Morgan fingerprint density at radius 3 is 2.78 bits per heavy atom. The Morgan fingerprint density at radius 1 is 1.30 bits per heavy atom. The SMILES string of the molecule is Cc1ccnc2nc(C(=O)OCC(=O)N[C@@H](C)c3ccc(Cl)cc3Cl)nn12. The van der Waals surface area contributed by atoms with E-state index in [1.165, 1.54) is 4.52 Å². The molecule has 0 aliphatic carbocycles. The third-order valence-corrected chi connectivity index (χ3v) is 4.32. The summed E-state index contributed by atoms with van der Waals surface area (Å²) in [4.78, 5) is 32.1. The average molecular weight is 408 g/mol. The van der Waals surface area contributed by atoms with Crippen LogP contribution in [0.4, 0.5) is 0 Å². The van der Waals surface area contributed by atoms with Gasteiger partial charge in [-0.3, -0.25) is 4.79 Å². The quantitative estimate of drug-likeness (QED) is 0.652. The number of aromatic nitrogens is 4. The molecule has 1 aromatic carbocycles. The summed E-state index contributed by atoms with van der Waals surface area (Å²) in [6, 6.07) is 6.33. The number of hydrogen-bond acceptors (Lipinski definition) is 6. The second-order valence-electron chi connectivity index (χ2n) is 5.76. The van der Waals surface area contributed by atoms with Crippen molar-refractivity contribution in [3.63, 3.8) is 0 Å². The Morgan fingerprint density at radius 2 is 2.07 bits per heavy atom. The normalized spacial score (nSPS) is 12.0. The molecule has 0 saturated carbocycles. The van der Waals surface area contributed by atoms with E-state index >= 15 is 0 Å². The lowest BCUT2D eigenvalue weighted by molar-refractivity contribution is -0.124. The van der Waals surface area contributed by atoms with Crippen molar-refractivity contribution in [3.05, 3.63) is 57.6 Å². The van der Waals surface area contributed by atoms with Crippen molar-refractivity contribution in [2.45, 2.75) is 19.9 Å². The summed E-state index contributed by atoms with van der Waals surface area (Å²) in [5.74, 6) is -1.19. The zero-order valence-corrected chi connectivity index (χ0v) is 16.0. The maximum atomic E-state index is 12.1. The van der Waals surface area contributed by atoms with Crippen molar-refractivity contribution in [3.8, 4) is 0 Å². The van der Waals surface area contributed by atoms with Crippen LogP contribution in [0.25, 0.3) is 5.78 Å². The number of aryl methyl sites for hydroxylation is 1. The molecule has 1 amide bonds. The topological polar surface area (TPSA) is 98.5 Å². The second-order valence-corrected chi connectivity index (χ2v) is 6.61. The Bertz CT molecular complexity index is 1020. The van der Waals surface area contributed by atoms with Crippen molar-refractivity contribution < 1.29 is 14.3 Å². The molecule has 0 aliphatic heterocycles. The molecule has 2 heterocycles. The molecule has 0 radical (unpaired) electrons. The van der Waals surface area contributed by atoms with Crippen LogP contribution in [0.1, 0.15) is 34.8 Å². The van der Waals surface area contributed by atoms with Gasteiger partial charge in [-0.15, -0.1) is 5.10 Å². The van der Waals surface area contributed by atoms with Crippen LogP contribution >= 0.6 is 23.2 Å². The summed E-state index contributed by atoms with van der Waals surface area (Å²) in [6.45, 7) is 3.08. The molecule has 0 fully saturated rings. The largest absolute Gasteiger partial charge is 0.450 e. The fraction of sp³-hybridized carbons (Fsp3) is 0.235. The predicted molar refractivity (Wildman–Crippen MR) is 98.8 cm³/mol. The van der Waals surface area contributed by atoms with Gasteiger partial charge in [-0.05, 0) is 37.6 Å². The van der Waals surface area contributed by atoms with E-state index in [9.17, 15) is 9.59 Å². The fourth-order valence-corrected chi connectivity index (χ4v) is 2.97. The lowest BCUT2D eigenvalue weighted by Crippen LogP contribution is -2.31. The monoisotopic (exact) mass is 407 g/mol. The number of esters is 1. The Labute approximate surface area is 164 Å². The predicted octanol–water partition coefficient (Wildman–Crippen LogP) is 2.77. The molecule has 140 valence electrons. The molecule has 0 unspecified atom stereocenters. The Kier molecular flexibility index (Phi) is 5.57. The first-order chi connectivity index (χ1) is 12.8. The summed E-state index contributed by atoms with van der Waals surface area (Å²) in [5.41, 5.74) is 1.46. The van der Waals surface area contributed by atoms with Crippen LogP contribution in [0.3, 0.4) is 0 Å². The number of carbonyl (C=O) groups excluding carboxylic acids is 2. The number of rotatable bonds is 5. The molecule has 3 aromatic rings. The third kappa shape index (κ3) is 4.35. The van der Waals surface area contributed by atoms with Gasteiger partial charge >= 0.3 is 5.97 Å². The molecule has 0 saturated heterocycles. The molecule has 27 heavy (non-hydrogen) atoms. The number of carbonyl (C=O) groups is 2. The van der Waals surface area contributed by atoms with Gasteiger partial charge in [-0.25, -0.2) is 14.3 Å². The number of fused-ring (bicyclic) bond motifs is 1. The van der Waals surface area contributed by atoms with Crippen LogP contribution in [0, 0.1) is 6.92 Å². The minimum atomic E-state index is -0.813. The molecule has 1 atom stereocenters. The van der Waals surface area contributed by atoms with E-state index in [1.807, 2.05) is 0 Å². The van der Waals surface area contributed by atoms with Crippen LogP contribution in [0.2, 0.25) is 10.0 Å². The van der Waals surface area contributed by atoms with Gasteiger partial charge in [0.2, 0.25) is 0 Å². The molecule has 0 aliphatic rings. The summed E-state index contributed by atoms with van der Waals surface area (Å²) in [5, 5.41) is 7.66. The van der Waals surface area contributed by atoms with Crippen LogP contribution < -0.4 is 5.32 Å². The summed E-state index contributed by atoms with van der Waals surface area (Å²) in [6.07, 6.45) is 1.56. The van der Waals surface area contributed by atoms with Crippen LogP contribution in [0.15, 0.2) is 30.5 Å². The van der Waals surface area contributed by atoms with Crippen molar-refractivity contribution in [2.24, 2.45) is 0 Å². The van der Waals surface area contributed by atoms with Crippen LogP contribution in [-0.2, 0) is 9.53 Å². The molecule has 0 spiro atoms.